The molecule has 0 radical (unpaired) electrons. The maximum Gasteiger partial charge on any atom is 0.234 e. The van der Waals surface area contributed by atoms with E-state index in [2.05, 4.69) is 17.1 Å². The van der Waals surface area contributed by atoms with Gasteiger partial charge in [0.1, 0.15) is 0 Å². The van der Waals surface area contributed by atoms with Crippen LogP contribution in [0.3, 0.4) is 0 Å². The molecule has 0 aromatic heterocycles. The summed E-state index contributed by atoms with van der Waals surface area (Å²) >= 11 is 0. The van der Waals surface area contributed by atoms with Crippen molar-refractivity contribution in [3.05, 3.63) is 0 Å². The largest absolute Gasteiger partial charge is 0.376 e. The first-order valence-corrected chi connectivity index (χ1v) is 8.07. The molecule has 0 bridgehead atoms. The zero-order valence-corrected chi connectivity index (χ0v) is 12.6. The van der Waals surface area contributed by atoms with Gasteiger partial charge in [0.05, 0.1) is 12.6 Å². The number of hydrogen-bond acceptors (Lipinski definition) is 4. The van der Waals surface area contributed by atoms with Crippen molar-refractivity contribution in [1.82, 2.24) is 10.2 Å². The molecular formula is C15H29N3O2. The van der Waals surface area contributed by atoms with Gasteiger partial charge in [0.2, 0.25) is 5.91 Å². The molecule has 1 aliphatic carbocycles. The minimum absolute atomic E-state index is 0.116. The Labute approximate surface area is 122 Å². The Hall–Kier alpha value is -0.650. The number of rotatable bonds is 7. The fourth-order valence-electron chi connectivity index (χ4n) is 3.51. The van der Waals surface area contributed by atoms with E-state index in [1.54, 1.807) is 0 Å². The van der Waals surface area contributed by atoms with Crippen LogP contribution in [0.25, 0.3) is 0 Å². The Morgan fingerprint density at radius 2 is 2.20 bits per heavy atom. The van der Waals surface area contributed by atoms with Gasteiger partial charge < -0.3 is 15.8 Å². The van der Waals surface area contributed by atoms with E-state index < -0.39 is 0 Å². The number of nitrogens with two attached hydrogens (primary N) is 1. The quantitative estimate of drug-likeness (QED) is 0.723. The molecule has 2 fully saturated rings. The third-order valence-electron chi connectivity index (χ3n) is 4.69. The van der Waals surface area contributed by atoms with Crippen LogP contribution in [0.15, 0.2) is 0 Å². The highest BCUT2D eigenvalue weighted by molar-refractivity contribution is 5.78. The molecule has 2 rings (SSSR count). The van der Waals surface area contributed by atoms with E-state index in [4.69, 9.17) is 10.5 Å². The third kappa shape index (κ3) is 4.17. The monoisotopic (exact) mass is 283 g/mol. The Morgan fingerprint density at radius 3 is 2.85 bits per heavy atom. The van der Waals surface area contributed by atoms with Crippen molar-refractivity contribution in [3.8, 4) is 0 Å². The van der Waals surface area contributed by atoms with Gasteiger partial charge in [0, 0.05) is 19.2 Å². The summed E-state index contributed by atoms with van der Waals surface area (Å²) in [5.74, 6) is 0.672. The van der Waals surface area contributed by atoms with Crippen LogP contribution in [0, 0.1) is 5.92 Å². The summed E-state index contributed by atoms with van der Waals surface area (Å²) in [5, 5.41) is 3.01. The van der Waals surface area contributed by atoms with Gasteiger partial charge in [-0.2, -0.15) is 0 Å². The first-order chi connectivity index (χ1) is 9.74. The number of ether oxygens (including phenoxy) is 1. The first-order valence-electron chi connectivity index (χ1n) is 8.07. The summed E-state index contributed by atoms with van der Waals surface area (Å²) in [5.41, 5.74) is 5.85. The van der Waals surface area contributed by atoms with E-state index in [1.165, 1.54) is 19.3 Å². The number of carbonyl (C=O) groups is 1. The summed E-state index contributed by atoms with van der Waals surface area (Å²) in [6.45, 7) is 5.75. The Bertz CT molecular complexity index is 305. The lowest BCUT2D eigenvalue weighted by Crippen LogP contribution is -2.46. The van der Waals surface area contributed by atoms with Crippen molar-refractivity contribution >= 4 is 5.91 Å². The zero-order valence-electron chi connectivity index (χ0n) is 12.6. The highest BCUT2D eigenvalue weighted by atomic mass is 16.5. The molecule has 1 heterocycles. The maximum atomic E-state index is 12.1. The van der Waals surface area contributed by atoms with E-state index in [-0.39, 0.29) is 12.0 Å². The molecule has 3 atom stereocenters. The van der Waals surface area contributed by atoms with Gasteiger partial charge in [-0.15, -0.1) is 0 Å². The number of likely N-dealkylation sites (N-methyl/N-ethyl adjacent to an activating group) is 1. The van der Waals surface area contributed by atoms with E-state index >= 15 is 0 Å². The van der Waals surface area contributed by atoms with Crippen molar-refractivity contribution < 1.29 is 9.53 Å². The average molecular weight is 283 g/mol. The SMILES string of the molecule is CCN(CC(=O)NCC1CCCO1)C1CCCC1CN. The van der Waals surface area contributed by atoms with Gasteiger partial charge >= 0.3 is 0 Å². The van der Waals surface area contributed by atoms with Gasteiger partial charge in [-0.1, -0.05) is 13.3 Å². The lowest BCUT2D eigenvalue weighted by atomic mass is 10.0. The van der Waals surface area contributed by atoms with Crippen LogP contribution < -0.4 is 11.1 Å². The standard InChI is InChI=1S/C15H29N3O2/c1-2-18(14-7-3-5-12(14)9-16)11-15(19)17-10-13-6-4-8-20-13/h12-14H,2-11,16H2,1H3,(H,17,19). The van der Waals surface area contributed by atoms with Crippen LogP contribution in [0.2, 0.25) is 0 Å². The molecular weight excluding hydrogens is 254 g/mol. The molecule has 1 saturated heterocycles. The summed E-state index contributed by atoms with van der Waals surface area (Å²) in [7, 11) is 0. The van der Waals surface area contributed by atoms with E-state index in [1.807, 2.05) is 0 Å². The van der Waals surface area contributed by atoms with Crippen LogP contribution in [0.5, 0.6) is 0 Å². The van der Waals surface area contributed by atoms with Crippen molar-refractivity contribution in [2.45, 2.75) is 51.2 Å². The molecule has 1 saturated carbocycles. The minimum Gasteiger partial charge on any atom is -0.376 e. The molecule has 3 unspecified atom stereocenters. The van der Waals surface area contributed by atoms with Crippen LogP contribution in [0.1, 0.15) is 39.0 Å². The highest BCUT2D eigenvalue weighted by Crippen LogP contribution is 2.28. The van der Waals surface area contributed by atoms with Gasteiger partial charge in [-0.3, -0.25) is 9.69 Å². The summed E-state index contributed by atoms with van der Waals surface area (Å²) in [6, 6.07) is 0.485. The van der Waals surface area contributed by atoms with Crippen molar-refractivity contribution in [2.24, 2.45) is 11.7 Å². The minimum atomic E-state index is 0.116. The summed E-state index contributed by atoms with van der Waals surface area (Å²) < 4.78 is 5.52. The number of amides is 1. The molecule has 0 aromatic rings. The van der Waals surface area contributed by atoms with E-state index in [9.17, 15) is 4.79 Å². The Balaban J connectivity index is 1.75. The fourth-order valence-corrected chi connectivity index (χ4v) is 3.51. The van der Waals surface area contributed by atoms with Crippen LogP contribution in [-0.4, -0.2) is 55.7 Å². The van der Waals surface area contributed by atoms with Crippen molar-refractivity contribution in [2.75, 3.05) is 32.8 Å². The summed E-state index contributed by atoms with van der Waals surface area (Å²) in [4.78, 5) is 14.4. The second-order valence-electron chi connectivity index (χ2n) is 6.00. The molecule has 116 valence electrons. The second-order valence-corrected chi connectivity index (χ2v) is 6.00. The lowest BCUT2D eigenvalue weighted by Gasteiger charge is -2.31. The Morgan fingerprint density at radius 1 is 1.35 bits per heavy atom. The van der Waals surface area contributed by atoms with Gasteiger partial charge in [0.15, 0.2) is 0 Å². The van der Waals surface area contributed by atoms with Crippen LogP contribution >= 0.6 is 0 Å². The molecule has 0 aromatic carbocycles. The number of nitrogens with one attached hydrogen (secondary N) is 1. The maximum absolute atomic E-state index is 12.1. The molecule has 3 N–H and O–H groups in total. The lowest BCUT2D eigenvalue weighted by molar-refractivity contribution is -0.123. The molecule has 1 amide bonds. The predicted octanol–water partition coefficient (Wildman–Crippen LogP) is 0.731. The highest BCUT2D eigenvalue weighted by Gasteiger charge is 2.31. The molecule has 2 aliphatic rings. The normalized spacial score (nSPS) is 30.1. The third-order valence-corrected chi connectivity index (χ3v) is 4.69. The molecule has 0 spiro atoms. The molecule has 1 aliphatic heterocycles. The average Bonchev–Trinajstić information content (AvgIpc) is 3.13. The van der Waals surface area contributed by atoms with E-state index in [0.717, 1.165) is 32.5 Å². The smallest absolute Gasteiger partial charge is 0.234 e. The summed E-state index contributed by atoms with van der Waals surface area (Å²) in [6.07, 6.45) is 6.01. The van der Waals surface area contributed by atoms with E-state index in [0.29, 0.717) is 25.0 Å². The van der Waals surface area contributed by atoms with Crippen LogP contribution in [-0.2, 0) is 9.53 Å². The van der Waals surface area contributed by atoms with Crippen molar-refractivity contribution in [3.63, 3.8) is 0 Å². The number of nitrogens with zero attached hydrogens (tertiary/aromatic N) is 1. The number of hydrogen-bond donors (Lipinski definition) is 2. The second kappa shape index (κ2) is 7.96. The van der Waals surface area contributed by atoms with Crippen LogP contribution in [0.4, 0.5) is 0 Å². The topological polar surface area (TPSA) is 67.6 Å². The van der Waals surface area contributed by atoms with Crippen molar-refractivity contribution in [1.29, 1.82) is 0 Å². The number of carbonyl (C=O) groups excluding carboxylic acids is 1. The molecule has 5 heteroatoms. The predicted molar refractivity (Wildman–Crippen MR) is 79.4 cm³/mol. The van der Waals surface area contributed by atoms with Gasteiger partial charge in [-0.25, -0.2) is 0 Å². The van der Waals surface area contributed by atoms with Gasteiger partial charge in [-0.05, 0) is 44.7 Å². The molecule has 20 heavy (non-hydrogen) atoms. The fraction of sp³-hybridized carbons (Fsp3) is 0.933. The van der Waals surface area contributed by atoms with Gasteiger partial charge in [0.25, 0.3) is 0 Å². The zero-order chi connectivity index (χ0) is 14.4. The first kappa shape index (κ1) is 15.7. The molecule has 5 nitrogen and oxygen atoms in total. The Kier molecular flexibility index (Phi) is 6.26.